The first kappa shape index (κ1) is 20.1. The van der Waals surface area contributed by atoms with Gasteiger partial charge in [-0.3, -0.25) is 9.59 Å². The molecule has 0 aliphatic carbocycles. The second kappa shape index (κ2) is 8.52. The first-order valence-corrected chi connectivity index (χ1v) is 8.08. The molecule has 4 heteroatoms. The van der Waals surface area contributed by atoms with Gasteiger partial charge in [0.15, 0.2) is 5.78 Å². The van der Waals surface area contributed by atoms with Crippen LogP contribution in [0, 0.1) is 17.3 Å². The Labute approximate surface area is 130 Å². The minimum Gasteiger partial charge on any atom is -0.345 e. The number of hydrogen-bond acceptors (Lipinski definition) is 3. The molecular formula is C17H34N2O2. The van der Waals surface area contributed by atoms with Crippen molar-refractivity contribution in [1.29, 1.82) is 0 Å². The number of ketones is 1. The van der Waals surface area contributed by atoms with Gasteiger partial charge in [0.2, 0.25) is 5.91 Å². The molecular weight excluding hydrogens is 264 g/mol. The molecule has 0 saturated carbocycles. The molecule has 0 rings (SSSR count). The summed E-state index contributed by atoms with van der Waals surface area (Å²) in [7, 11) is 0. The van der Waals surface area contributed by atoms with E-state index in [4.69, 9.17) is 5.73 Å². The summed E-state index contributed by atoms with van der Waals surface area (Å²) in [5, 5.41) is 2.85. The normalized spacial score (nSPS) is 16.4. The van der Waals surface area contributed by atoms with Crippen LogP contribution in [0.2, 0.25) is 0 Å². The van der Waals surface area contributed by atoms with Crippen molar-refractivity contribution in [3.63, 3.8) is 0 Å². The summed E-state index contributed by atoms with van der Waals surface area (Å²) >= 11 is 0. The first-order chi connectivity index (χ1) is 9.49. The number of carbonyl (C=O) groups excluding carboxylic acids is 2. The van der Waals surface area contributed by atoms with E-state index in [-0.39, 0.29) is 28.9 Å². The Morgan fingerprint density at radius 3 is 2.05 bits per heavy atom. The maximum absolute atomic E-state index is 12.4. The van der Waals surface area contributed by atoms with Gasteiger partial charge in [-0.1, -0.05) is 54.9 Å². The number of amides is 1. The molecule has 0 aliphatic heterocycles. The van der Waals surface area contributed by atoms with Crippen LogP contribution in [0.15, 0.2) is 0 Å². The summed E-state index contributed by atoms with van der Waals surface area (Å²) in [6.07, 6.45) is 2.16. The van der Waals surface area contributed by atoms with E-state index >= 15 is 0 Å². The topological polar surface area (TPSA) is 72.2 Å². The highest BCUT2D eigenvalue weighted by Crippen LogP contribution is 2.22. The zero-order chi connectivity index (χ0) is 16.8. The molecule has 4 nitrogen and oxygen atoms in total. The van der Waals surface area contributed by atoms with Gasteiger partial charge in [-0.15, -0.1) is 0 Å². The molecule has 124 valence electrons. The number of nitrogens with one attached hydrogen (secondary N) is 1. The third-order valence-electron chi connectivity index (χ3n) is 3.99. The maximum atomic E-state index is 12.4. The quantitative estimate of drug-likeness (QED) is 0.723. The van der Waals surface area contributed by atoms with Gasteiger partial charge in [0.1, 0.15) is 0 Å². The third-order valence-corrected chi connectivity index (χ3v) is 3.99. The molecule has 0 aliphatic rings. The lowest BCUT2D eigenvalue weighted by Gasteiger charge is -2.26. The van der Waals surface area contributed by atoms with Crippen LogP contribution < -0.4 is 11.1 Å². The molecule has 21 heavy (non-hydrogen) atoms. The van der Waals surface area contributed by atoms with Crippen molar-refractivity contribution in [2.75, 3.05) is 0 Å². The molecule has 0 bridgehead atoms. The Morgan fingerprint density at radius 1 is 1.14 bits per heavy atom. The number of Topliss-reactive ketones (excluding diaryl/α,β-unsaturated/α-hetero) is 1. The van der Waals surface area contributed by atoms with E-state index in [2.05, 4.69) is 26.1 Å². The monoisotopic (exact) mass is 298 g/mol. The average molecular weight is 298 g/mol. The van der Waals surface area contributed by atoms with Gasteiger partial charge in [0.05, 0.1) is 12.1 Å². The van der Waals surface area contributed by atoms with E-state index in [0.717, 1.165) is 12.8 Å². The summed E-state index contributed by atoms with van der Waals surface area (Å²) < 4.78 is 0. The summed E-state index contributed by atoms with van der Waals surface area (Å²) in [5.74, 6) is 0.0739. The average Bonchev–Trinajstić information content (AvgIpc) is 2.38. The molecule has 0 heterocycles. The van der Waals surface area contributed by atoms with Crippen molar-refractivity contribution in [3.8, 4) is 0 Å². The van der Waals surface area contributed by atoms with E-state index in [1.54, 1.807) is 0 Å². The molecule has 0 radical (unpaired) electrons. The lowest BCUT2D eigenvalue weighted by atomic mass is 9.86. The Morgan fingerprint density at radius 2 is 1.67 bits per heavy atom. The van der Waals surface area contributed by atoms with Crippen LogP contribution in [0.4, 0.5) is 0 Å². The van der Waals surface area contributed by atoms with Gasteiger partial charge in [-0.25, -0.2) is 0 Å². The Balaban J connectivity index is 4.70. The predicted molar refractivity (Wildman–Crippen MR) is 87.9 cm³/mol. The van der Waals surface area contributed by atoms with Crippen molar-refractivity contribution in [3.05, 3.63) is 0 Å². The molecule has 0 aromatic rings. The molecule has 3 N–H and O–H groups in total. The van der Waals surface area contributed by atoms with Gasteiger partial charge in [-0.05, 0) is 23.7 Å². The Kier molecular flexibility index (Phi) is 8.16. The largest absolute Gasteiger partial charge is 0.345 e. The predicted octanol–water partition coefficient (Wildman–Crippen LogP) is 2.90. The summed E-state index contributed by atoms with van der Waals surface area (Å²) in [6, 6.07) is -0.985. The van der Waals surface area contributed by atoms with Gasteiger partial charge >= 0.3 is 0 Å². The van der Waals surface area contributed by atoms with E-state index in [0.29, 0.717) is 6.42 Å². The van der Waals surface area contributed by atoms with Crippen LogP contribution in [0.5, 0.6) is 0 Å². The summed E-state index contributed by atoms with van der Waals surface area (Å²) in [4.78, 5) is 24.5. The molecule has 0 fully saturated rings. The van der Waals surface area contributed by atoms with Crippen LogP contribution in [0.25, 0.3) is 0 Å². The third kappa shape index (κ3) is 7.60. The Hall–Kier alpha value is -0.900. The van der Waals surface area contributed by atoms with Crippen molar-refractivity contribution in [2.24, 2.45) is 23.0 Å². The highest BCUT2D eigenvalue weighted by Gasteiger charge is 2.28. The van der Waals surface area contributed by atoms with Gasteiger partial charge < -0.3 is 11.1 Å². The van der Waals surface area contributed by atoms with Crippen LogP contribution in [-0.4, -0.2) is 23.8 Å². The van der Waals surface area contributed by atoms with E-state index < -0.39 is 12.1 Å². The molecule has 1 amide bonds. The van der Waals surface area contributed by atoms with Crippen molar-refractivity contribution in [2.45, 2.75) is 79.8 Å². The second-order valence-corrected chi connectivity index (χ2v) is 7.67. The second-order valence-electron chi connectivity index (χ2n) is 7.67. The number of carbonyl (C=O) groups is 2. The van der Waals surface area contributed by atoms with Crippen molar-refractivity contribution in [1.82, 2.24) is 5.32 Å². The van der Waals surface area contributed by atoms with Crippen molar-refractivity contribution < 1.29 is 9.59 Å². The fourth-order valence-electron chi connectivity index (χ4n) is 2.03. The summed E-state index contributed by atoms with van der Waals surface area (Å²) in [5.41, 5.74) is 6.06. The molecule has 3 atom stereocenters. The SMILES string of the molecule is CCC(C)[C@H](N)C(=O)NC(C(=O)CCC(C)(C)C)C(C)C. The lowest BCUT2D eigenvalue weighted by Crippen LogP contribution is -2.52. The molecule has 0 spiro atoms. The highest BCUT2D eigenvalue weighted by atomic mass is 16.2. The van der Waals surface area contributed by atoms with E-state index in [1.807, 2.05) is 27.7 Å². The molecule has 2 unspecified atom stereocenters. The van der Waals surface area contributed by atoms with E-state index in [1.165, 1.54) is 0 Å². The fraction of sp³-hybridized carbons (Fsp3) is 0.882. The van der Waals surface area contributed by atoms with Crippen LogP contribution in [0.1, 0.15) is 67.7 Å². The van der Waals surface area contributed by atoms with Crippen LogP contribution in [0.3, 0.4) is 0 Å². The zero-order valence-electron chi connectivity index (χ0n) is 14.8. The lowest BCUT2D eigenvalue weighted by molar-refractivity contribution is -0.130. The minimum absolute atomic E-state index is 0.0746. The number of nitrogens with two attached hydrogens (primary N) is 1. The molecule has 0 aromatic heterocycles. The first-order valence-electron chi connectivity index (χ1n) is 8.08. The number of hydrogen-bond donors (Lipinski definition) is 2. The van der Waals surface area contributed by atoms with Crippen molar-refractivity contribution >= 4 is 11.7 Å². The van der Waals surface area contributed by atoms with Gasteiger partial charge in [-0.2, -0.15) is 0 Å². The highest BCUT2D eigenvalue weighted by molar-refractivity contribution is 5.91. The van der Waals surface area contributed by atoms with Crippen LogP contribution >= 0.6 is 0 Å². The molecule has 0 aromatic carbocycles. The smallest absolute Gasteiger partial charge is 0.237 e. The Bertz CT molecular complexity index is 345. The van der Waals surface area contributed by atoms with Crippen LogP contribution in [-0.2, 0) is 9.59 Å². The molecule has 0 saturated heterocycles. The minimum atomic E-state index is -0.549. The van der Waals surface area contributed by atoms with Gasteiger partial charge in [0.25, 0.3) is 0 Å². The van der Waals surface area contributed by atoms with Gasteiger partial charge in [0, 0.05) is 6.42 Å². The zero-order valence-corrected chi connectivity index (χ0v) is 14.8. The van der Waals surface area contributed by atoms with E-state index in [9.17, 15) is 9.59 Å². The maximum Gasteiger partial charge on any atom is 0.237 e. The standard InChI is InChI=1S/C17H34N2O2/c1-8-12(4)14(18)16(21)19-15(11(2)3)13(20)9-10-17(5,6)7/h11-12,14-15H,8-10,18H2,1-7H3,(H,19,21)/t12?,14-,15?/m0/s1. The number of rotatable bonds is 8. The summed E-state index contributed by atoms with van der Waals surface area (Å²) in [6.45, 7) is 14.2. The fourth-order valence-corrected chi connectivity index (χ4v) is 2.03.